The number of carbonyl (C=O) groups excluding carboxylic acids is 1. The van der Waals surface area contributed by atoms with Crippen molar-refractivity contribution in [2.45, 2.75) is 77.1 Å². The van der Waals surface area contributed by atoms with E-state index in [2.05, 4.69) is 0 Å². The third-order valence-electron chi connectivity index (χ3n) is 4.64. The first kappa shape index (κ1) is 23.2. The maximum atomic E-state index is 13.4. The zero-order valence-corrected chi connectivity index (χ0v) is 16.7. The van der Waals surface area contributed by atoms with E-state index in [1.165, 1.54) is 13.8 Å². The van der Waals surface area contributed by atoms with Gasteiger partial charge in [0, 0.05) is 13.2 Å². The summed E-state index contributed by atoms with van der Waals surface area (Å²) in [5.74, 6) is -1.71. The minimum Gasteiger partial charge on any atom is -0.454 e. The fourth-order valence-electron chi connectivity index (χ4n) is 3.55. The van der Waals surface area contributed by atoms with Crippen LogP contribution in [0.4, 0.5) is 8.78 Å². The van der Waals surface area contributed by atoms with E-state index in [-0.39, 0.29) is 11.8 Å². The predicted octanol–water partition coefficient (Wildman–Crippen LogP) is 3.80. The minimum absolute atomic E-state index is 0.274. The molecule has 0 aliphatic carbocycles. The summed E-state index contributed by atoms with van der Waals surface area (Å²) in [6, 6.07) is 0. The summed E-state index contributed by atoms with van der Waals surface area (Å²) in [7, 11) is -5.87. The highest BCUT2D eigenvalue weighted by molar-refractivity contribution is 7.87. The predicted molar refractivity (Wildman–Crippen MR) is 92.5 cm³/mol. The van der Waals surface area contributed by atoms with E-state index in [1.54, 1.807) is 0 Å². The molecule has 1 aliphatic heterocycles. The van der Waals surface area contributed by atoms with E-state index in [4.69, 9.17) is 14.0 Å². The number of ether oxygens (including phenoxy) is 2. The highest BCUT2D eigenvalue weighted by atomic mass is 32.2. The van der Waals surface area contributed by atoms with Crippen molar-refractivity contribution in [3.63, 3.8) is 0 Å². The monoisotopic (exact) mass is 400 g/mol. The van der Waals surface area contributed by atoms with Crippen molar-refractivity contribution in [2.24, 2.45) is 11.3 Å². The molecule has 1 N–H and O–H groups in total. The van der Waals surface area contributed by atoms with Crippen LogP contribution in [0.25, 0.3) is 0 Å². The van der Waals surface area contributed by atoms with Gasteiger partial charge >= 0.3 is 21.3 Å². The van der Waals surface area contributed by atoms with E-state index in [0.29, 0.717) is 5.92 Å². The quantitative estimate of drug-likeness (QED) is 0.492. The van der Waals surface area contributed by atoms with Crippen molar-refractivity contribution in [1.82, 2.24) is 0 Å². The van der Waals surface area contributed by atoms with Crippen LogP contribution in [0.5, 0.6) is 0 Å². The Morgan fingerprint density at radius 1 is 1.19 bits per heavy atom. The lowest BCUT2D eigenvalue weighted by molar-refractivity contribution is -0.177. The number of carbonyl (C=O) groups is 1. The molecule has 0 bridgehead atoms. The molecular weight excluding hydrogens is 370 g/mol. The fraction of sp³-hybridized carbons (Fsp3) is 0.941. The minimum atomic E-state index is -5.87. The maximum Gasteiger partial charge on any atom is 0.465 e. The second-order valence-corrected chi connectivity index (χ2v) is 9.89. The zero-order valence-electron chi connectivity index (χ0n) is 15.9. The van der Waals surface area contributed by atoms with Crippen molar-refractivity contribution in [2.75, 3.05) is 13.2 Å². The molecule has 26 heavy (non-hydrogen) atoms. The third-order valence-corrected chi connectivity index (χ3v) is 5.45. The third kappa shape index (κ3) is 7.08. The Morgan fingerprint density at radius 3 is 2.38 bits per heavy atom. The normalized spacial score (nSPS) is 20.5. The molecule has 1 saturated heterocycles. The molecule has 0 amide bonds. The lowest BCUT2D eigenvalue weighted by atomic mass is 9.76. The van der Waals surface area contributed by atoms with Crippen LogP contribution in [0.1, 0.15) is 66.2 Å². The van der Waals surface area contributed by atoms with Crippen LogP contribution in [0, 0.1) is 11.3 Å². The van der Waals surface area contributed by atoms with Crippen LogP contribution in [0.2, 0.25) is 0 Å². The van der Waals surface area contributed by atoms with Gasteiger partial charge in [0.1, 0.15) is 5.60 Å². The van der Waals surface area contributed by atoms with Gasteiger partial charge in [-0.3, -0.25) is 4.55 Å². The summed E-state index contributed by atoms with van der Waals surface area (Å²) < 4.78 is 66.8. The van der Waals surface area contributed by atoms with Crippen molar-refractivity contribution in [3.05, 3.63) is 0 Å². The second-order valence-electron chi connectivity index (χ2n) is 8.43. The molecular formula is C17H30F2O6S. The molecule has 0 aromatic rings. The Morgan fingerprint density at radius 2 is 1.81 bits per heavy atom. The Labute approximate surface area is 154 Å². The molecule has 6 nitrogen and oxygen atoms in total. The maximum absolute atomic E-state index is 13.4. The summed E-state index contributed by atoms with van der Waals surface area (Å²) in [6.07, 6.45) is 5.16. The van der Waals surface area contributed by atoms with E-state index in [1.807, 2.05) is 13.8 Å². The lowest BCUT2D eigenvalue weighted by Crippen LogP contribution is -2.44. The smallest absolute Gasteiger partial charge is 0.454 e. The van der Waals surface area contributed by atoms with Crippen molar-refractivity contribution < 1.29 is 36.0 Å². The average molecular weight is 400 g/mol. The summed E-state index contributed by atoms with van der Waals surface area (Å²) in [4.78, 5) is 11.5. The van der Waals surface area contributed by atoms with Crippen LogP contribution in [0.3, 0.4) is 0 Å². The number of hydrogen-bond donors (Lipinski definition) is 1. The Kier molecular flexibility index (Phi) is 7.58. The fourth-order valence-corrected chi connectivity index (χ4v) is 3.80. The molecule has 0 aromatic carbocycles. The molecule has 1 atom stereocenters. The number of alkyl halides is 2. The first-order valence-electron chi connectivity index (χ1n) is 8.82. The highest BCUT2D eigenvalue weighted by Crippen LogP contribution is 2.38. The molecule has 0 saturated carbocycles. The van der Waals surface area contributed by atoms with Crippen LogP contribution in [-0.2, 0) is 24.4 Å². The first-order valence-corrected chi connectivity index (χ1v) is 10.3. The molecule has 9 heteroatoms. The molecule has 1 unspecified atom stereocenters. The summed E-state index contributed by atoms with van der Waals surface area (Å²) >= 11 is 0. The van der Waals surface area contributed by atoms with Gasteiger partial charge in [-0.05, 0) is 63.7 Å². The molecule has 1 fully saturated rings. The Bertz CT molecular complexity index is 578. The lowest BCUT2D eigenvalue weighted by Gasteiger charge is -2.36. The molecule has 154 valence electrons. The summed E-state index contributed by atoms with van der Waals surface area (Å²) in [5.41, 5.74) is -1.61. The van der Waals surface area contributed by atoms with Gasteiger partial charge in [-0.25, -0.2) is 4.79 Å². The standard InChI is InChI=1S/C17H30F2O6S/c1-15(2,9-7-13-6-5-10-24-11-8-13)12-16(3,4)25-14(20)17(18,19)26(21,22)23/h13H,5-12H2,1-4H3,(H,21,22,23). The summed E-state index contributed by atoms with van der Waals surface area (Å²) in [6.45, 7) is 8.34. The number of halogens is 2. The van der Waals surface area contributed by atoms with Gasteiger partial charge in [0.25, 0.3) is 0 Å². The number of esters is 1. The van der Waals surface area contributed by atoms with Crippen LogP contribution in [0.15, 0.2) is 0 Å². The van der Waals surface area contributed by atoms with Gasteiger partial charge < -0.3 is 9.47 Å². The van der Waals surface area contributed by atoms with Gasteiger partial charge in [0.2, 0.25) is 0 Å². The van der Waals surface area contributed by atoms with Crippen molar-refractivity contribution in [3.8, 4) is 0 Å². The summed E-state index contributed by atoms with van der Waals surface area (Å²) in [5, 5.41) is -4.98. The van der Waals surface area contributed by atoms with Crippen molar-refractivity contribution in [1.29, 1.82) is 0 Å². The molecule has 1 rings (SSSR count). The van der Waals surface area contributed by atoms with Crippen molar-refractivity contribution >= 4 is 16.1 Å². The molecule has 1 aliphatic rings. The van der Waals surface area contributed by atoms with Gasteiger partial charge in [-0.2, -0.15) is 17.2 Å². The highest BCUT2D eigenvalue weighted by Gasteiger charge is 2.55. The van der Waals surface area contributed by atoms with Crippen LogP contribution < -0.4 is 0 Å². The Balaban J connectivity index is 2.64. The first-order chi connectivity index (χ1) is 11.7. The molecule has 0 aromatic heterocycles. The number of hydrogen-bond acceptors (Lipinski definition) is 5. The molecule has 0 radical (unpaired) electrons. The molecule has 0 spiro atoms. The topological polar surface area (TPSA) is 89.9 Å². The van der Waals surface area contributed by atoms with Crippen LogP contribution >= 0.6 is 0 Å². The van der Waals surface area contributed by atoms with Gasteiger partial charge in [0.15, 0.2) is 0 Å². The molecule has 1 heterocycles. The average Bonchev–Trinajstić information content (AvgIpc) is 2.70. The Hall–Kier alpha value is -0.800. The van der Waals surface area contributed by atoms with Gasteiger partial charge in [-0.15, -0.1) is 0 Å². The van der Waals surface area contributed by atoms with E-state index in [0.717, 1.165) is 45.3 Å². The van der Waals surface area contributed by atoms with Crippen LogP contribution in [-0.4, -0.2) is 43.0 Å². The largest absolute Gasteiger partial charge is 0.465 e. The van der Waals surface area contributed by atoms with Gasteiger partial charge in [-0.1, -0.05) is 13.8 Å². The number of rotatable bonds is 8. The van der Waals surface area contributed by atoms with E-state index in [9.17, 15) is 22.0 Å². The van der Waals surface area contributed by atoms with E-state index < -0.39 is 26.9 Å². The SMILES string of the molecule is CC(C)(CCC1CCCOCC1)CC(C)(C)OC(=O)C(F)(F)S(=O)(=O)O. The second kappa shape index (κ2) is 8.48. The zero-order chi connectivity index (χ0) is 20.2. The van der Waals surface area contributed by atoms with E-state index >= 15 is 0 Å². The van der Waals surface area contributed by atoms with Gasteiger partial charge in [0.05, 0.1) is 0 Å².